The number of carbonyl (C=O) groups excluding carboxylic acids is 1. The zero-order valence-electron chi connectivity index (χ0n) is 14.0. The Bertz CT molecular complexity index is 702. The van der Waals surface area contributed by atoms with Crippen LogP contribution in [0.4, 0.5) is 4.79 Å². The lowest BCUT2D eigenvalue weighted by Gasteiger charge is -2.21. The number of nitrogens with one attached hydrogen (secondary N) is 1. The molecule has 1 aliphatic rings. The Morgan fingerprint density at radius 2 is 2.04 bits per heavy atom. The van der Waals surface area contributed by atoms with Crippen LogP contribution in [0.15, 0.2) is 18.3 Å². The number of hydrogen-bond donors (Lipinski definition) is 1. The van der Waals surface area contributed by atoms with Crippen LogP contribution in [-0.2, 0) is 26.6 Å². The van der Waals surface area contributed by atoms with Gasteiger partial charge in [0.1, 0.15) is 0 Å². The van der Waals surface area contributed by atoms with Gasteiger partial charge in [-0.2, -0.15) is 5.10 Å². The molecule has 0 aromatic carbocycles. The van der Waals surface area contributed by atoms with Gasteiger partial charge in [-0.3, -0.25) is 9.67 Å². The van der Waals surface area contributed by atoms with Crippen LogP contribution in [-0.4, -0.2) is 32.2 Å². The Balaban J connectivity index is 1.64. The fourth-order valence-corrected chi connectivity index (χ4v) is 3.17. The summed E-state index contributed by atoms with van der Waals surface area (Å²) in [5.41, 5.74) is 5.42. The Hall–Kier alpha value is -2.37. The molecule has 1 aliphatic heterocycles. The Labute approximate surface area is 136 Å². The molecule has 6 heteroatoms. The summed E-state index contributed by atoms with van der Waals surface area (Å²) in [5.74, 6) is 0. The monoisotopic (exact) mass is 313 g/mol. The molecule has 23 heavy (non-hydrogen) atoms. The molecule has 2 aromatic heterocycles. The first-order chi connectivity index (χ1) is 11.0. The van der Waals surface area contributed by atoms with Gasteiger partial charge >= 0.3 is 6.03 Å². The molecule has 0 fully saturated rings. The van der Waals surface area contributed by atoms with Crippen molar-refractivity contribution in [2.24, 2.45) is 7.05 Å². The van der Waals surface area contributed by atoms with Crippen LogP contribution in [0.25, 0.3) is 0 Å². The molecule has 2 aromatic rings. The SMILES string of the molecule is Cc1cc(CNC(=O)N2CCCc3c(cnn3C)C2)cc(C)n1. The van der Waals surface area contributed by atoms with Gasteiger partial charge in [0.05, 0.1) is 12.7 Å². The smallest absolute Gasteiger partial charge is 0.317 e. The van der Waals surface area contributed by atoms with Crippen LogP contribution in [0.5, 0.6) is 0 Å². The van der Waals surface area contributed by atoms with Gasteiger partial charge in [-0.25, -0.2) is 4.79 Å². The van der Waals surface area contributed by atoms with Crippen molar-refractivity contribution >= 4 is 6.03 Å². The highest BCUT2D eigenvalue weighted by atomic mass is 16.2. The second kappa shape index (κ2) is 6.40. The lowest BCUT2D eigenvalue weighted by molar-refractivity contribution is 0.195. The van der Waals surface area contributed by atoms with Gasteiger partial charge in [-0.15, -0.1) is 0 Å². The number of urea groups is 1. The van der Waals surface area contributed by atoms with E-state index in [1.165, 1.54) is 5.69 Å². The molecule has 1 N–H and O–H groups in total. The summed E-state index contributed by atoms with van der Waals surface area (Å²) in [6.07, 6.45) is 3.81. The van der Waals surface area contributed by atoms with E-state index >= 15 is 0 Å². The molecule has 0 aliphatic carbocycles. The zero-order valence-corrected chi connectivity index (χ0v) is 14.0. The van der Waals surface area contributed by atoms with Crippen molar-refractivity contribution in [3.8, 4) is 0 Å². The van der Waals surface area contributed by atoms with Crippen molar-refractivity contribution in [2.45, 2.75) is 39.8 Å². The molecule has 6 nitrogen and oxygen atoms in total. The van der Waals surface area contributed by atoms with Gasteiger partial charge in [0.15, 0.2) is 0 Å². The number of carbonyl (C=O) groups is 1. The molecule has 0 saturated carbocycles. The van der Waals surface area contributed by atoms with Gasteiger partial charge in [0.25, 0.3) is 0 Å². The highest BCUT2D eigenvalue weighted by Gasteiger charge is 2.21. The average Bonchev–Trinajstić information content (AvgIpc) is 2.72. The van der Waals surface area contributed by atoms with E-state index in [1.807, 2.05) is 48.8 Å². The number of pyridine rings is 1. The van der Waals surface area contributed by atoms with Gasteiger partial charge in [-0.1, -0.05) is 0 Å². The Morgan fingerprint density at radius 1 is 1.30 bits per heavy atom. The first kappa shape index (κ1) is 15.5. The fourth-order valence-electron chi connectivity index (χ4n) is 3.17. The summed E-state index contributed by atoms with van der Waals surface area (Å²) in [4.78, 5) is 18.7. The highest BCUT2D eigenvalue weighted by molar-refractivity contribution is 5.74. The predicted molar refractivity (Wildman–Crippen MR) is 87.9 cm³/mol. The topological polar surface area (TPSA) is 63.1 Å². The van der Waals surface area contributed by atoms with Crippen molar-refractivity contribution in [2.75, 3.05) is 6.54 Å². The van der Waals surface area contributed by atoms with Gasteiger partial charge < -0.3 is 10.2 Å². The molecule has 3 rings (SSSR count). The third kappa shape index (κ3) is 3.52. The molecule has 0 unspecified atom stereocenters. The number of aromatic nitrogens is 3. The zero-order chi connectivity index (χ0) is 16.4. The summed E-state index contributed by atoms with van der Waals surface area (Å²) in [5, 5.41) is 7.32. The third-order valence-electron chi connectivity index (χ3n) is 4.22. The van der Waals surface area contributed by atoms with E-state index in [4.69, 9.17) is 0 Å². The van der Waals surface area contributed by atoms with Crippen molar-refractivity contribution in [1.82, 2.24) is 25.0 Å². The normalized spacial score (nSPS) is 14.3. The molecule has 0 spiro atoms. The number of nitrogens with zero attached hydrogens (tertiary/aromatic N) is 4. The quantitative estimate of drug-likeness (QED) is 0.923. The molecular formula is C17H23N5O. The number of amides is 2. The van der Waals surface area contributed by atoms with Crippen LogP contribution in [0.2, 0.25) is 0 Å². The van der Waals surface area contributed by atoms with E-state index in [2.05, 4.69) is 15.4 Å². The Morgan fingerprint density at radius 3 is 2.78 bits per heavy atom. The standard InChI is InChI=1S/C17H23N5O/c1-12-7-14(8-13(2)20-12)9-18-17(23)22-6-4-5-16-15(11-22)10-19-21(16)3/h7-8,10H,4-6,9,11H2,1-3H3,(H,18,23). The van der Waals surface area contributed by atoms with Crippen LogP contribution >= 0.6 is 0 Å². The van der Waals surface area contributed by atoms with Crippen molar-refractivity contribution in [3.05, 3.63) is 46.5 Å². The second-order valence-corrected chi connectivity index (χ2v) is 6.18. The first-order valence-electron chi connectivity index (χ1n) is 7.99. The molecule has 0 saturated heterocycles. The Kier molecular flexibility index (Phi) is 4.32. The maximum Gasteiger partial charge on any atom is 0.317 e. The van der Waals surface area contributed by atoms with E-state index in [0.29, 0.717) is 13.1 Å². The largest absolute Gasteiger partial charge is 0.334 e. The van der Waals surface area contributed by atoms with E-state index in [9.17, 15) is 4.79 Å². The first-order valence-corrected chi connectivity index (χ1v) is 7.99. The molecule has 122 valence electrons. The molecule has 0 bridgehead atoms. The maximum atomic E-state index is 12.5. The summed E-state index contributed by atoms with van der Waals surface area (Å²) < 4.78 is 1.92. The van der Waals surface area contributed by atoms with Crippen LogP contribution in [0.3, 0.4) is 0 Å². The number of aryl methyl sites for hydroxylation is 3. The van der Waals surface area contributed by atoms with E-state index < -0.39 is 0 Å². The molecule has 0 atom stereocenters. The minimum Gasteiger partial charge on any atom is -0.334 e. The molecular weight excluding hydrogens is 290 g/mol. The molecule has 2 amide bonds. The lowest BCUT2D eigenvalue weighted by Crippen LogP contribution is -2.39. The summed E-state index contributed by atoms with van der Waals surface area (Å²) in [6.45, 7) is 5.87. The molecule has 0 radical (unpaired) electrons. The predicted octanol–water partition coefficient (Wildman–Crippen LogP) is 2.09. The van der Waals surface area contributed by atoms with Crippen molar-refractivity contribution in [3.63, 3.8) is 0 Å². The average molecular weight is 313 g/mol. The fraction of sp³-hybridized carbons (Fsp3) is 0.471. The van der Waals surface area contributed by atoms with E-state index in [-0.39, 0.29) is 6.03 Å². The van der Waals surface area contributed by atoms with Gasteiger partial charge in [-0.05, 0) is 44.4 Å². The number of rotatable bonds is 2. The van der Waals surface area contributed by atoms with Crippen LogP contribution in [0.1, 0.15) is 34.6 Å². The van der Waals surface area contributed by atoms with Gasteiger partial charge in [0.2, 0.25) is 0 Å². The van der Waals surface area contributed by atoms with Gasteiger partial charge in [0, 0.05) is 42.8 Å². The third-order valence-corrected chi connectivity index (χ3v) is 4.22. The summed E-state index contributed by atoms with van der Waals surface area (Å²) in [6, 6.07) is 4.00. The maximum absolute atomic E-state index is 12.5. The van der Waals surface area contributed by atoms with Crippen molar-refractivity contribution in [1.29, 1.82) is 0 Å². The minimum atomic E-state index is -0.0196. The van der Waals surface area contributed by atoms with Crippen molar-refractivity contribution < 1.29 is 4.79 Å². The van der Waals surface area contributed by atoms with Crippen LogP contribution in [0, 0.1) is 13.8 Å². The van der Waals surface area contributed by atoms with E-state index in [0.717, 1.165) is 41.9 Å². The number of hydrogen-bond acceptors (Lipinski definition) is 3. The minimum absolute atomic E-state index is 0.0196. The lowest BCUT2D eigenvalue weighted by atomic mass is 10.2. The molecule has 3 heterocycles. The summed E-state index contributed by atoms with van der Waals surface area (Å²) in [7, 11) is 1.96. The number of fused-ring (bicyclic) bond motifs is 1. The second-order valence-electron chi connectivity index (χ2n) is 6.18. The van der Waals surface area contributed by atoms with E-state index in [1.54, 1.807) is 0 Å². The summed E-state index contributed by atoms with van der Waals surface area (Å²) >= 11 is 0. The highest BCUT2D eigenvalue weighted by Crippen LogP contribution is 2.17. The van der Waals surface area contributed by atoms with Crippen LogP contribution < -0.4 is 5.32 Å².